The van der Waals surface area contributed by atoms with E-state index in [0.717, 1.165) is 21.7 Å². The predicted molar refractivity (Wildman–Crippen MR) is 86.9 cm³/mol. The van der Waals surface area contributed by atoms with Crippen molar-refractivity contribution in [2.45, 2.75) is 20.3 Å². The maximum absolute atomic E-state index is 13.5. The lowest BCUT2D eigenvalue weighted by Gasteiger charge is -2.09. The Morgan fingerprint density at radius 2 is 2.09 bits per heavy atom. The summed E-state index contributed by atoms with van der Waals surface area (Å²) < 4.78 is 13.5. The summed E-state index contributed by atoms with van der Waals surface area (Å²) in [4.78, 5) is 13.4. The fourth-order valence-corrected chi connectivity index (χ4v) is 2.81. The molecule has 0 saturated heterocycles. The number of nitrogens with zero attached hydrogens (tertiary/aromatic N) is 3. The van der Waals surface area contributed by atoms with Crippen molar-refractivity contribution in [2.24, 2.45) is 0 Å². The van der Waals surface area contributed by atoms with Gasteiger partial charge in [0.2, 0.25) is 5.95 Å². The van der Waals surface area contributed by atoms with E-state index < -0.39 is 0 Å². The number of thiazole rings is 1. The van der Waals surface area contributed by atoms with Crippen LogP contribution in [0.4, 0.5) is 16.0 Å². The highest BCUT2D eigenvalue weighted by Gasteiger charge is 2.07. The summed E-state index contributed by atoms with van der Waals surface area (Å²) in [7, 11) is 0. The summed E-state index contributed by atoms with van der Waals surface area (Å²) in [6, 6.07) is 6.11. The van der Waals surface area contributed by atoms with Crippen LogP contribution in [0, 0.1) is 12.7 Å². The summed E-state index contributed by atoms with van der Waals surface area (Å²) in [5.74, 6) is 0.0294. The number of benzene rings is 1. The van der Waals surface area contributed by atoms with Crippen LogP contribution in [-0.4, -0.2) is 15.0 Å². The summed E-state index contributed by atoms with van der Waals surface area (Å²) in [6.45, 7) is 3.89. The fourth-order valence-electron chi connectivity index (χ4n) is 2.20. The predicted octanol–water partition coefficient (Wildman–Crippen LogP) is 4.35. The van der Waals surface area contributed by atoms with Crippen LogP contribution in [0.25, 0.3) is 10.4 Å². The second-order valence-electron chi connectivity index (χ2n) is 4.92. The molecule has 0 fully saturated rings. The number of aromatic nitrogens is 3. The van der Waals surface area contributed by atoms with Gasteiger partial charge in [-0.05, 0) is 36.6 Å². The van der Waals surface area contributed by atoms with Crippen LogP contribution in [-0.2, 0) is 6.42 Å². The first-order valence-corrected chi connectivity index (χ1v) is 7.82. The normalized spacial score (nSPS) is 10.7. The highest BCUT2D eigenvalue weighted by atomic mass is 32.1. The Morgan fingerprint density at radius 1 is 1.23 bits per heavy atom. The molecule has 0 bridgehead atoms. The van der Waals surface area contributed by atoms with Crippen LogP contribution in [0.5, 0.6) is 0 Å². The van der Waals surface area contributed by atoms with E-state index in [1.807, 2.05) is 32.2 Å². The van der Waals surface area contributed by atoms with Crippen LogP contribution < -0.4 is 5.32 Å². The molecule has 0 amide bonds. The van der Waals surface area contributed by atoms with Crippen molar-refractivity contribution in [3.8, 4) is 10.4 Å². The highest BCUT2D eigenvalue weighted by molar-refractivity contribution is 7.13. The molecule has 3 aromatic rings. The molecule has 0 saturated carbocycles. The molecule has 1 aromatic carbocycles. The van der Waals surface area contributed by atoms with Crippen LogP contribution >= 0.6 is 11.3 Å². The Balaban J connectivity index is 1.92. The molecule has 1 N–H and O–H groups in total. The van der Waals surface area contributed by atoms with Crippen molar-refractivity contribution in [3.05, 3.63) is 53.2 Å². The minimum absolute atomic E-state index is 0.373. The van der Waals surface area contributed by atoms with Crippen LogP contribution in [0.15, 0.2) is 36.1 Å². The van der Waals surface area contributed by atoms with Gasteiger partial charge in [0.1, 0.15) is 0 Å². The van der Waals surface area contributed by atoms with Gasteiger partial charge < -0.3 is 5.32 Å². The molecular weight excluding hydrogens is 299 g/mol. The minimum atomic E-state index is -0.373. The van der Waals surface area contributed by atoms with E-state index >= 15 is 0 Å². The number of hydrogen-bond donors (Lipinski definition) is 1. The van der Waals surface area contributed by atoms with Gasteiger partial charge in [-0.2, -0.15) is 0 Å². The lowest BCUT2D eigenvalue weighted by Crippen LogP contribution is -2.02. The Morgan fingerprint density at radius 3 is 2.82 bits per heavy atom. The van der Waals surface area contributed by atoms with Crippen molar-refractivity contribution < 1.29 is 4.39 Å². The van der Waals surface area contributed by atoms with Crippen molar-refractivity contribution in [1.82, 2.24) is 15.0 Å². The van der Waals surface area contributed by atoms with Crippen molar-refractivity contribution >= 4 is 23.0 Å². The van der Waals surface area contributed by atoms with Gasteiger partial charge in [-0.3, -0.25) is 4.98 Å². The molecule has 0 aliphatic carbocycles. The van der Waals surface area contributed by atoms with Gasteiger partial charge in [0.15, 0.2) is 5.82 Å². The van der Waals surface area contributed by atoms with E-state index in [2.05, 4.69) is 26.3 Å². The van der Waals surface area contributed by atoms with Gasteiger partial charge in [-0.1, -0.05) is 13.0 Å². The third-order valence-electron chi connectivity index (χ3n) is 3.20. The zero-order chi connectivity index (χ0) is 15.5. The Hall–Kier alpha value is -2.34. The first-order chi connectivity index (χ1) is 10.7. The molecule has 0 radical (unpaired) electrons. The lowest BCUT2D eigenvalue weighted by atomic mass is 10.1. The number of aryl methyl sites for hydroxylation is 2. The molecule has 0 unspecified atom stereocenters. The van der Waals surface area contributed by atoms with Gasteiger partial charge in [0, 0.05) is 11.9 Å². The minimum Gasteiger partial charge on any atom is -0.324 e. The van der Waals surface area contributed by atoms with E-state index in [9.17, 15) is 4.39 Å². The summed E-state index contributed by atoms with van der Waals surface area (Å²) in [5.41, 5.74) is 5.29. The van der Waals surface area contributed by atoms with Crippen LogP contribution in [0.3, 0.4) is 0 Å². The molecule has 22 heavy (non-hydrogen) atoms. The quantitative estimate of drug-likeness (QED) is 0.777. The van der Waals surface area contributed by atoms with Crippen molar-refractivity contribution in [2.75, 3.05) is 5.32 Å². The Labute approximate surface area is 132 Å². The largest absolute Gasteiger partial charge is 0.324 e. The number of hydrogen-bond acceptors (Lipinski definition) is 5. The van der Waals surface area contributed by atoms with Crippen molar-refractivity contribution in [3.63, 3.8) is 0 Å². The molecule has 2 aromatic heterocycles. The summed E-state index contributed by atoms with van der Waals surface area (Å²) >= 11 is 1.59. The third-order valence-corrected chi connectivity index (χ3v) is 4.02. The summed E-state index contributed by atoms with van der Waals surface area (Å²) in [6.07, 6.45) is 3.57. The SMILES string of the molecule is CCc1nc(Nc2cc(C)cc(-c3cncs3)c2)ncc1F. The number of rotatable bonds is 4. The van der Waals surface area contributed by atoms with E-state index in [-0.39, 0.29) is 5.82 Å². The fraction of sp³-hybridized carbons (Fsp3) is 0.188. The first kappa shape index (κ1) is 14.6. The third kappa shape index (κ3) is 3.12. The van der Waals surface area contributed by atoms with Gasteiger partial charge in [0.25, 0.3) is 0 Å². The second kappa shape index (κ2) is 6.19. The molecule has 0 atom stereocenters. The Kier molecular flexibility index (Phi) is 4.11. The van der Waals surface area contributed by atoms with Gasteiger partial charge in [0.05, 0.1) is 22.3 Å². The average Bonchev–Trinajstić information content (AvgIpc) is 3.03. The second-order valence-corrected chi connectivity index (χ2v) is 5.81. The summed E-state index contributed by atoms with van der Waals surface area (Å²) in [5, 5.41) is 3.14. The van der Waals surface area contributed by atoms with Gasteiger partial charge >= 0.3 is 0 Å². The molecule has 6 heteroatoms. The lowest BCUT2D eigenvalue weighted by molar-refractivity contribution is 0.594. The molecular formula is C16H15FN4S. The first-order valence-electron chi connectivity index (χ1n) is 6.94. The van der Waals surface area contributed by atoms with Crippen LogP contribution in [0.2, 0.25) is 0 Å². The zero-order valence-electron chi connectivity index (χ0n) is 12.3. The number of halogens is 1. The monoisotopic (exact) mass is 314 g/mol. The zero-order valence-corrected chi connectivity index (χ0v) is 13.1. The number of anilines is 2. The molecule has 2 heterocycles. The molecule has 4 nitrogen and oxygen atoms in total. The highest BCUT2D eigenvalue weighted by Crippen LogP contribution is 2.28. The molecule has 3 rings (SSSR count). The van der Waals surface area contributed by atoms with E-state index in [4.69, 9.17) is 0 Å². The maximum Gasteiger partial charge on any atom is 0.227 e. The van der Waals surface area contributed by atoms with Crippen LogP contribution in [0.1, 0.15) is 18.2 Å². The molecule has 0 aliphatic rings. The molecule has 0 spiro atoms. The van der Waals surface area contributed by atoms with E-state index in [1.165, 1.54) is 6.20 Å². The topological polar surface area (TPSA) is 50.7 Å². The standard InChI is InChI=1S/C16H15FN4S/c1-3-14-13(17)7-19-16(21-14)20-12-5-10(2)4-11(6-12)15-8-18-9-22-15/h4-9H,3H2,1-2H3,(H,19,20,21). The van der Waals surface area contributed by atoms with Gasteiger partial charge in [-0.25, -0.2) is 14.4 Å². The average molecular weight is 314 g/mol. The smallest absolute Gasteiger partial charge is 0.227 e. The maximum atomic E-state index is 13.5. The van der Waals surface area contributed by atoms with Crippen molar-refractivity contribution in [1.29, 1.82) is 0 Å². The molecule has 0 aliphatic heterocycles. The molecule has 112 valence electrons. The Bertz CT molecular complexity index is 787. The van der Waals surface area contributed by atoms with Gasteiger partial charge in [-0.15, -0.1) is 11.3 Å². The van der Waals surface area contributed by atoms with E-state index in [1.54, 1.807) is 16.8 Å². The number of nitrogens with one attached hydrogen (secondary N) is 1. The van der Waals surface area contributed by atoms with E-state index in [0.29, 0.717) is 18.1 Å².